The van der Waals surface area contributed by atoms with Crippen LogP contribution in [-0.2, 0) is 10.3 Å². The Morgan fingerprint density at radius 1 is 1.11 bits per heavy atom. The van der Waals surface area contributed by atoms with Crippen LogP contribution in [0.1, 0.15) is 43.6 Å². The Balaban J connectivity index is 2.48. The number of amides is 1. The van der Waals surface area contributed by atoms with Crippen LogP contribution in [0.4, 0.5) is 9.18 Å². The summed E-state index contributed by atoms with van der Waals surface area (Å²) in [7, 11) is 0. The minimum atomic E-state index is -1.76. The highest BCUT2D eigenvalue weighted by molar-refractivity contribution is 6.30. The fourth-order valence-electron chi connectivity index (χ4n) is 2.32. The molecule has 5 nitrogen and oxygen atoms in total. The van der Waals surface area contributed by atoms with E-state index in [1.807, 2.05) is 0 Å². The van der Waals surface area contributed by atoms with Gasteiger partial charge < -0.3 is 10.1 Å². The summed E-state index contributed by atoms with van der Waals surface area (Å²) in [5.74, 6) is -1.38. The molecule has 2 aromatic rings. The summed E-state index contributed by atoms with van der Waals surface area (Å²) in [6, 6.07) is 6.61. The largest absolute Gasteiger partial charge is 0.430 e. The minimum Gasteiger partial charge on any atom is -0.430 e. The summed E-state index contributed by atoms with van der Waals surface area (Å²) >= 11 is 11.5. The van der Waals surface area contributed by atoms with Crippen molar-refractivity contribution in [1.29, 1.82) is 0 Å². The molecule has 2 rings (SSSR count). The first-order valence-corrected chi connectivity index (χ1v) is 8.81. The van der Waals surface area contributed by atoms with E-state index in [1.54, 1.807) is 20.8 Å². The van der Waals surface area contributed by atoms with Crippen LogP contribution in [0.15, 0.2) is 36.5 Å². The van der Waals surface area contributed by atoms with Crippen molar-refractivity contribution in [1.82, 2.24) is 10.3 Å². The van der Waals surface area contributed by atoms with Crippen molar-refractivity contribution in [3.63, 3.8) is 0 Å². The van der Waals surface area contributed by atoms with E-state index in [0.717, 1.165) is 6.07 Å². The van der Waals surface area contributed by atoms with Gasteiger partial charge in [-0.25, -0.2) is 14.2 Å². The maximum absolute atomic E-state index is 13.8. The summed E-state index contributed by atoms with van der Waals surface area (Å²) in [5, 5.41) is 2.72. The van der Waals surface area contributed by atoms with E-state index < -0.39 is 28.8 Å². The first kappa shape index (κ1) is 21.1. The van der Waals surface area contributed by atoms with E-state index in [4.69, 9.17) is 27.9 Å². The molecule has 0 aliphatic rings. The molecule has 27 heavy (non-hydrogen) atoms. The lowest BCUT2D eigenvalue weighted by Crippen LogP contribution is -2.46. The van der Waals surface area contributed by atoms with Gasteiger partial charge in [-0.2, -0.15) is 0 Å². The SMILES string of the molecule is CC(C)(C)NC(=O)OC(C)(C(=O)c1ccc(Cl)c(F)c1)c1ccc(Cl)nc1. The fourth-order valence-corrected chi connectivity index (χ4v) is 2.55. The third-order valence-corrected chi connectivity index (χ3v) is 4.20. The van der Waals surface area contributed by atoms with Crippen molar-refractivity contribution in [2.75, 3.05) is 0 Å². The molecule has 0 fully saturated rings. The van der Waals surface area contributed by atoms with Gasteiger partial charge in [-0.15, -0.1) is 0 Å². The predicted molar refractivity (Wildman–Crippen MR) is 102 cm³/mol. The highest BCUT2D eigenvalue weighted by Gasteiger charge is 2.41. The zero-order chi connectivity index (χ0) is 20.4. The summed E-state index contributed by atoms with van der Waals surface area (Å²) < 4.78 is 19.3. The Labute approximate surface area is 166 Å². The molecule has 1 atom stereocenters. The van der Waals surface area contributed by atoms with Crippen molar-refractivity contribution < 1.29 is 18.7 Å². The van der Waals surface area contributed by atoms with Crippen LogP contribution in [0.2, 0.25) is 10.2 Å². The van der Waals surface area contributed by atoms with Gasteiger partial charge in [0, 0.05) is 22.9 Å². The molecule has 1 unspecified atom stereocenters. The zero-order valence-corrected chi connectivity index (χ0v) is 16.8. The van der Waals surface area contributed by atoms with Crippen LogP contribution in [0.5, 0.6) is 0 Å². The van der Waals surface area contributed by atoms with Gasteiger partial charge in [0.2, 0.25) is 5.78 Å². The molecule has 0 aliphatic heterocycles. The van der Waals surface area contributed by atoms with Crippen LogP contribution in [0.25, 0.3) is 0 Å². The number of nitrogens with one attached hydrogen (secondary N) is 1. The highest BCUT2D eigenvalue weighted by Crippen LogP contribution is 2.31. The number of hydrogen-bond donors (Lipinski definition) is 1. The molecule has 0 aliphatic carbocycles. The molecule has 0 saturated carbocycles. The normalized spacial score (nSPS) is 13.6. The summed E-state index contributed by atoms with van der Waals surface area (Å²) in [5.41, 5.74) is -2.05. The number of carbonyl (C=O) groups is 2. The van der Waals surface area contributed by atoms with Gasteiger partial charge in [-0.3, -0.25) is 4.79 Å². The number of ketones is 1. The van der Waals surface area contributed by atoms with E-state index in [9.17, 15) is 14.0 Å². The van der Waals surface area contributed by atoms with Crippen molar-refractivity contribution in [3.05, 3.63) is 63.6 Å². The van der Waals surface area contributed by atoms with Gasteiger partial charge >= 0.3 is 6.09 Å². The Morgan fingerprint density at radius 2 is 1.78 bits per heavy atom. The number of nitrogens with zero attached hydrogens (tertiary/aromatic N) is 1. The van der Waals surface area contributed by atoms with Crippen LogP contribution in [0.3, 0.4) is 0 Å². The van der Waals surface area contributed by atoms with Crippen LogP contribution in [0, 0.1) is 5.82 Å². The van der Waals surface area contributed by atoms with Crippen LogP contribution in [-0.4, -0.2) is 22.4 Å². The average Bonchev–Trinajstić information content (AvgIpc) is 2.55. The van der Waals surface area contributed by atoms with Crippen molar-refractivity contribution in [3.8, 4) is 0 Å². The number of halogens is 3. The molecule has 0 spiro atoms. The molecule has 8 heteroatoms. The molecule has 0 saturated heterocycles. The zero-order valence-electron chi connectivity index (χ0n) is 15.3. The van der Waals surface area contributed by atoms with E-state index in [0.29, 0.717) is 0 Å². The quantitative estimate of drug-likeness (QED) is 0.556. The van der Waals surface area contributed by atoms with Crippen molar-refractivity contribution >= 4 is 35.1 Å². The first-order valence-electron chi connectivity index (χ1n) is 8.05. The fraction of sp³-hybridized carbons (Fsp3) is 0.316. The third-order valence-electron chi connectivity index (χ3n) is 3.67. The highest BCUT2D eigenvalue weighted by atomic mass is 35.5. The predicted octanol–water partition coefficient (Wildman–Crippen LogP) is 5.15. The second-order valence-electron chi connectivity index (χ2n) is 7.13. The number of aromatic nitrogens is 1. The number of rotatable bonds is 4. The van der Waals surface area contributed by atoms with E-state index in [1.165, 1.54) is 37.4 Å². The number of benzene rings is 1. The van der Waals surface area contributed by atoms with E-state index in [-0.39, 0.29) is 21.3 Å². The van der Waals surface area contributed by atoms with Gasteiger partial charge in [0.15, 0.2) is 5.60 Å². The molecule has 1 aromatic heterocycles. The molecule has 0 bridgehead atoms. The Kier molecular flexibility index (Phi) is 6.12. The minimum absolute atomic E-state index is 0.00194. The smallest absolute Gasteiger partial charge is 0.408 e. The number of carbonyl (C=O) groups excluding carboxylic acids is 2. The maximum atomic E-state index is 13.8. The second-order valence-corrected chi connectivity index (χ2v) is 7.92. The Morgan fingerprint density at radius 3 is 2.30 bits per heavy atom. The monoisotopic (exact) mass is 412 g/mol. The van der Waals surface area contributed by atoms with Crippen LogP contribution >= 0.6 is 23.2 Å². The summed E-state index contributed by atoms with van der Waals surface area (Å²) in [6.07, 6.45) is 0.527. The van der Waals surface area contributed by atoms with Gasteiger partial charge in [-0.1, -0.05) is 23.2 Å². The molecule has 1 amide bonds. The molecule has 0 radical (unpaired) electrons. The van der Waals surface area contributed by atoms with Crippen LogP contribution < -0.4 is 5.32 Å². The standard InChI is InChI=1S/C19H19Cl2FN2O3/c1-18(2,3)24-17(26)27-19(4,12-6-8-15(21)23-10-12)16(25)11-5-7-13(20)14(22)9-11/h5-10H,1-4H3,(H,24,26). The topological polar surface area (TPSA) is 68.3 Å². The van der Waals surface area contributed by atoms with E-state index in [2.05, 4.69) is 10.3 Å². The van der Waals surface area contributed by atoms with Gasteiger partial charge in [0.05, 0.1) is 5.02 Å². The molecule has 144 valence electrons. The molecule has 1 aromatic carbocycles. The van der Waals surface area contributed by atoms with Crippen molar-refractivity contribution in [2.24, 2.45) is 0 Å². The molecule has 1 heterocycles. The average molecular weight is 413 g/mol. The third kappa shape index (κ3) is 5.17. The Bertz CT molecular complexity index is 866. The van der Waals surface area contributed by atoms with Gasteiger partial charge in [-0.05, 0) is 58.0 Å². The first-order chi connectivity index (χ1) is 12.4. The van der Waals surface area contributed by atoms with Gasteiger partial charge in [0.25, 0.3) is 0 Å². The number of ether oxygens (including phenoxy) is 1. The molecular weight excluding hydrogens is 394 g/mol. The maximum Gasteiger partial charge on any atom is 0.408 e. The number of pyridine rings is 1. The van der Waals surface area contributed by atoms with E-state index >= 15 is 0 Å². The second kappa shape index (κ2) is 7.82. The number of Topliss-reactive ketones (excluding diaryl/α,β-unsaturated/α-hetero) is 1. The lowest BCUT2D eigenvalue weighted by molar-refractivity contribution is 0.0191. The summed E-state index contributed by atoms with van der Waals surface area (Å²) in [4.78, 5) is 29.4. The number of alkyl carbamates (subject to hydrolysis) is 1. The molecule has 1 N–H and O–H groups in total. The summed E-state index contributed by atoms with van der Waals surface area (Å²) in [6.45, 7) is 6.72. The van der Waals surface area contributed by atoms with Gasteiger partial charge in [0.1, 0.15) is 11.0 Å². The lowest BCUT2D eigenvalue weighted by Gasteiger charge is -2.30. The molecular formula is C19H19Cl2FN2O3. The van der Waals surface area contributed by atoms with Crippen molar-refractivity contribution in [2.45, 2.75) is 38.8 Å². The lowest BCUT2D eigenvalue weighted by atomic mass is 9.88. The Hall–Kier alpha value is -2.18. The number of hydrogen-bond acceptors (Lipinski definition) is 4.